The SMILES string of the molecule is CC(C)(C)OC(=O)NCCCC(Cc1ccc(Cl)cc1)C(=O)O. The first kappa shape index (κ1) is 19.3. The summed E-state index contributed by atoms with van der Waals surface area (Å²) in [6.45, 7) is 5.76. The van der Waals surface area contributed by atoms with E-state index in [0.717, 1.165) is 5.56 Å². The normalized spacial score (nSPS) is 12.5. The molecule has 128 valence electrons. The van der Waals surface area contributed by atoms with Gasteiger partial charge in [-0.15, -0.1) is 0 Å². The Hall–Kier alpha value is -1.75. The van der Waals surface area contributed by atoms with Gasteiger partial charge in [0.15, 0.2) is 0 Å². The lowest BCUT2D eigenvalue weighted by molar-refractivity contribution is -0.141. The number of hydrogen-bond donors (Lipinski definition) is 2. The number of carbonyl (C=O) groups is 2. The van der Waals surface area contributed by atoms with Crippen molar-refractivity contribution in [2.75, 3.05) is 6.54 Å². The highest BCUT2D eigenvalue weighted by molar-refractivity contribution is 6.30. The first-order chi connectivity index (χ1) is 10.7. The molecule has 0 spiro atoms. The number of hydrogen-bond acceptors (Lipinski definition) is 3. The van der Waals surface area contributed by atoms with Gasteiger partial charge in [-0.2, -0.15) is 0 Å². The summed E-state index contributed by atoms with van der Waals surface area (Å²) in [6.07, 6.45) is 1.01. The van der Waals surface area contributed by atoms with E-state index in [1.165, 1.54) is 0 Å². The van der Waals surface area contributed by atoms with Gasteiger partial charge >= 0.3 is 12.1 Å². The van der Waals surface area contributed by atoms with Gasteiger partial charge in [-0.3, -0.25) is 4.79 Å². The van der Waals surface area contributed by atoms with Gasteiger partial charge in [0.05, 0.1) is 5.92 Å². The minimum absolute atomic E-state index is 0.388. The van der Waals surface area contributed by atoms with Crippen LogP contribution in [0.15, 0.2) is 24.3 Å². The molecular formula is C17H24ClNO4. The Balaban J connectivity index is 2.38. The molecule has 2 N–H and O–H groups in total. The summed E-state index contributed by atoms with van der Waals surface area (Å²) in [7, 11) is 0. The van der Waals surface area contributed by atoms with E-state index in [1.807, 2.05) is 12.1 Å². The van der Waals surface area contributed by atoms with E-state index in [2.05, 4.69) is 5.32 Å². The lowest BCUT2D eigenvalue weighted by Gasteiger charge is -2.20. The molecule has 23 heavy (non-hydrogen) atoms. The smallest absolute Gasteiger partial charge is 0.407 e. The molecule has 1 atom stereocenters. The number of ether oxygens (including phenoxy) is 1. The topological polar surface area (TPSA) is 75.6 Å². The van der Waals surface area contributed by atoms with Crippen molar-refractivity contribution in [2.45, 2.75) is 45.6 Å². The highest BCUT2D eigenvalue weighted by atomic mass is 35.5. The summed E-state index contributed by atoms with van der Waals surface area (Å²) in [5, 5.41) is 12.6. The minimum atomic E-state index is -0.836. The zero-order valence-corrected chi connectivity index (χ0v) is 14.5. The monoisotopic (exact) mass is 341 g/mol. The van der Waals surface area contributed by atoms with Gasteiger partial charge in [-0.1, -0.05) is 23.7 Å². The van der Waals surface area contributed by atoms with Gasteiger partial charge in [0, 0.05) is 11.6 Å². The second-order valence-electron chi connectivity index (χ2n) is 6.44. The third-order valence-electron chi connectivity index (χ3n) is 3.14. The maximum atomic E-state index is 11.5. The van der Waals surface area contributed by atoms with Crippen LogP contribution in [0.3, 0.4) is 0 Å². The Morgan fingerprint density at radius 2 is 1.87 bits per heavy atom. The summed E-state index contributed by atoms with van der Waals surface area (Å²) in [4.78, 5) is 22.8. The lowest BCUT2D eigenvalue weighted by atomic mass is 9.95. The number of aliphatic carboxylic acids is 1. The number of benzene rings is 1. The number of rotatable bonds is 7. The van der Waals surface area contributed by atoms with Crippen LogP contribution in [0.2, 0.25) is 5.02 Å². The number of halogens is 1. The molecule has 0 aliphatic rings. The second kappa shape index (κ2) is 8.77. The summed E-state index contributed by atoms with van der Waals surface area (Å²) in [5.41, 5.74) is 0.393. The molecule has 0 aliphatic heterocycles. The van der Waals surface area contributed by atoms with E-state index in [1.54, 1.807) is 32.9 Å². The molecule has 1 aromatic rings. The van der Waals surface area contributed by atoms with Crippen LogP contribution in [-0.4, -0.2) is 29.3 Å². The molecule has 1 aromatic carbocycles. The fraction of sp³-hybridized carbons (Fsp3) is 0.529. The Kier molecular flexibility index (Phi) is 7.36. The van der Waals surface area contributed by atoms with Gasteiger partial charge in [-0.25, -0.2) is 4.79 Å². The van der Waals surface area contributed by atoms with Crippen molar-refractivity contribution >= 4 is 23.7 Å². The molecule has 0 aromatic heterocycles. The molecule has 0 aliphatic carbocycles. The maximum absolute atomic E-state index is 11.5. The van der Waals surface area contributed by atoms with Crippen molar-refractivity contribution in [3.63, 3.8) is 0 Å². The Morgan fingerprint density at radius 3 is 2.39 bits per heavy atom. The van der Waals surface area contributed by atoms with Gasteiger partial charge in [0.25, 0.3) is 0 Å². The third kappa shape index (κ3) is 8.45. The van der Waals surface area contributed by atoms with E-state index < -0.39 is 23.6 Å². The molecule has 0 fully saturated rings. The first-order valence-corrected chi connectivity index (χ1v) is 7.99. The van der Waals surface area contributed by atoms with Crippen LogP contribution in [0.5, 0.6) is 0 Å². The average molecular weight is 342 g/mol. The zero-order chi connectivity index (χ0) is 17.5. The van der Waals surface area contributed by atoms with Gasteiger partial charge in [0.1, 0.15) is 5.60 Å². The van der Waals surface area contributed by atoms with Gasteiger partial charge < -0.3 is 15.2 Å². The minimum Gasteiger partial charge on any atom is -0.481 e. The van der Waals surface area contributed by atoms with E-state index in [9.17, 15) is 14.7 Å². The number of amides is 1. The average Bonchev–Trinajstić information content (AvgIpc) is 2.42. The molecule has 1 rings (SSSR count). The van der Waals surface area contributed by atoms with Crippen LogP contribution in [0.1, 0.15) is 39.2 Å². The number of carboxylic acids is 1. The van der Waals surface area contributed by atoms with Crippen molar-refractivity contribution in [1.29, 1.82) is 0 Å². The Labute approximate surface area is 142 Å². The quantitative estimate of drug-likeness (QED) is 0.738. The van der Waals surface area contributed by atoms with Crippen molar-refractivity contribution in [3.8, 4) is 0 Å². The Morgan fingerprint density at radius 1 is 1.26 bits per heavy atom. The van der Waals surface area contributed by atoms with E-state index in [-0.39, 0.29) is 0 Å². The molecule has 0 bridgehead atoms. The van der Waals surface area contributed by atoms with Gasteiger partial charge in [-0.05, 0) is 57.7 Å². The predicted molar refractivity (Wildman–Crippen MR) is 89.8 cm³/mol. The largest absolute Gasteiger partial charge is 0.481 e. The molecular weight excluding hydrogens is 318 g/mol. The van der Waals surface area contributed by atoms with E-state index in [4.69, 9.17) is 16.3 Å². The van der Waals surface area contributed by atoms with Crippen molar-refractivity contribution < 1.29 is 19.4 Å². The number of nitrogens with one attached hydrogen (secondary N) is 1. The fourth-order valence-electron chi connectivity index (χ4n) is 2.07. The predicted octanol–water partition coefficient (Wildman–Crippen LogP) is 3.89. The molecule has 5 nitrogen and oxygen atoms in total. The first-order valence-electron chi connectivity index (χ1n) is 7.61. The number of carbonyl (C=O) groups excluding carboxylic acids is 1. The van der Waals surface area contributed by atoms with Crippen LogP contribution in [0, 0.1) is 5.92 Å². The molecule has 0 saturated carbocycles. The molecule has 1 amide bonds. The van der Waals surface area contributed by atoms with Crippen LogP contribution in [-0.2, 0) is 16.0 Å². The standard InChI is InChI=1S/C17H24ClNO4/c1-17(2,3)23-16(22)19-10-4-5-13(15(20)21)11-12-6-8-14(18)9-7-12/h6-9,13H,4-5,10-11H2,1-3H3,(H,19,22)(H,20,21). The molecule has 0 radical (unpaired) electrons. The number of alkyl carbamates (subject to hydrolysis) is 1. The molecule has 6 heteroatoms. The fourth-order valence-corrected chi connectivity index (χ4v) is 2.20. The van der Waals surface area contributed by atoms with Crippen molar-refractivity contribution in [3.05, 3.63) is 34.9 Å². The zero-order valence-electron chi connectivity index (χ0n) is 13.8. The van der Waals surface area contributed by atoms with Crippen molar-refractivity contribution in [2.24, 2.45) is 5.92 Å². The highest BCUT2D eigenvalue weighted by Crippen LogP contribution is 2.17. The van der Waals surface area contributed by atoms with Gasteiger partial charge in [0.2, 0.25) is 0 Å². The molecule has 1 unspecified atom stereocenters. The van der Waals surface area contributed by atoms with Crippen LogP contribution < -0.4 is 5.32 Å². The summed E-state index contributed by atoms with van der Waals surface area (Å²) in [6, 6.07) is 7.16. The Bertz CT molecular complexity index is 522. The van der Waals surface area contributed by atoms with Crippen LogP contribution in [0.25, 0.3) is 0 Å². The lowest BCUT2D eigenvalue weighted by Crippen LogP contribution is -2.33. The molecule has 0 heterocycles. The van der Waals surface area contributed by atoms with Crippen molar-refractivity contribution in [1.82, 2.24) is 5.32 Å². The van der Waals surface area contributed by atoms with E-state index in [0.29, 0.717) is 30.8 Å². The third-order valence-corrected chi connectivity index (χ3v) is 3.39. The van der Waals surface area contributed by atoms with Crippen LogP contribution in [0.4, 0.5) is 4.79 Å². The summed E-state index contributed by atoms with van der Waals surface area (Å²) < 4.78 is 5.12. The maximum Gasteiger partial charge on any atom is 0.407 e. The molecule has 0 saturated heterocycles. The van der Waals surface area contributed by atoms with E-state index >= 15 is 0 Å². The number of carboxylic acid groups (broad SMARTS) is 1. The highest BCUT2D eigenvalue weighted by Gasteiger charge is 2.19. The summed E-state index contributed by atoms with van der Waals surface area (Å²) in [5.74, 6) is -1.33. The summed E-state index contributed by atoms with van der Waals surface area (Å²) >= 11 is 5.82. The second-order valence-corrected chi connectivity index (χ2v) is 6.87. The van der Waals surface area contributed by atoms with Crippen LogP contribution >= 0.6 is 11.6 Å².